The molecule has 1 fully saturated rings. The van der Waals surface area contributed by atoms with E-state index < -0.39 is 0 Å². The van der Waals surface area contributed by atoms with Crippen molar-refractivity contribution in [1.29, 1.82) is 0 Å². The minimum Gasteiger partial charge on any atom is -0.480 e. The van der Waals surface area contributed by atoms with Crippen LogP contribution >= 0.6 is 0 Å². The van der Waals surface area contributed by atoms with Gasteiger partial charge in [0.15, 0.2) is 0 Å². The van der Waals surface area contributed by atoms with Crippen LogP contribution in [0.15, 0.2) is 36.4 Å². The van der Waals surface area contributed by atoms with Crippen LogP contribution in [0.1, 0.15) is 25.3 Å². The summed E-state index contributed by atoms with van der Waals surface area (Å²) in [6.07, 6.45) is 2.08. The van der Waals surface area contributed by atoms with E-state index in [0.717, 1.165) is 19.4 Å². The van der Waals surface area contributed by atoms with Crippen molar-refractivity contribution in [2.24, 2.45) is 7.05 Å². The number of hydrogen-bond donors (Lipinski definition) is 1. The number of piperidine rings is 1. The number of amides is 2. The first-order chi connectivity index (χ1) is 11.5. The number of benzene rings is 1. The van der Waals surface area contributed by atoms with Gasteiger partial charge in [0.1, 0.15) is 5.82 Å². The minimum absolute atomic E-state index is 0.0129. The van der Waals surface area contributed by atoms with Crippen LogP contribution in [0, 0.1) is 0 Å². The Morgan fingerprint density at radius 1 is 1.33 bits per heavy atom. The van der Waals surface area contributed by atoms with Gasteiger partial charge in [0, 0.05) is 31.6 Å². The van der Waals surface area contributed by atoms with Gasteiger partial charge in [-0.1, -0.05) is 37.3 Å². The number of nitrogens with one attached hydrogen (secondary N) is 1. The lowest BCUT2D eigenvalue weighted by Gasteiger charge is -2.40. The van der Waals surface area contributed by atoms with E-state index in [-0.39, 0.29) is 11.4 Å². The zero-order chi connectivity index (χ0) is 17.2. The van der Waals surface area contributed by atoms with Crippen LogP contribution in [-0.2, 0) is 12.5 Å². The highest BCUT2D eigenvalue weighted by atomic mass is 16.5. The Morgan fingerprint density at radius 2 is 2.08 bits per heavy atom. The molecule has 2 aromatic rings. The number of urea groups is 1. The van der Waals surface area contributed by atoms with Crippen LogP contribution in [0.4, 0.5) is 10.6 Å². The quantitative estimate of drug-likeness (QED) is 0.942. The normalized spacial score (nSPS) is 20.7. The Kier molecular flexibility index (Phi) is 4.46. The van der Waals surface area contributed by atoms with Gasteiger partial charge in [-0.3, -0.25) is 5.32 Å². The lowest BCUT2D eigenvalue weighted by molar-refractivity contribution is 0.166. The second-order valence-electron chi connectivity index (χ2n) is 6.58. The van der Waals surface area contributed by atoms with Gasteiger partial charge in [0.05, 0.1) is 7.11 Å². The highest BCUT2D eigenvalue weighted by molar-refractivity contribution is 5.88. The van der Waals surface area contributed by atoms with Gasteiger partial charge >= 0.3 is 6.03 Å². The SMILES string of the molecule is COc1cc(NC(=O)N2CCCC(C)(c3ccccc3)C2)n(C)n1. The van der Waals surface area contributed by atoms with Crippen molar-refractivity contribution in [3.8, 4) is 5.88 Å². The topological polar surface area (TPSA) is 59.4 Å². The van der Waals surface area contributed by atoms with E-state index in [9.17, 15) is 4.79 Å². The Hall–Kier alpha value is -2.50. The number of carbonyl (C=O) groups is 1. The van der Waals surface area contributed by atoms with Crippen molar-refractivity contribution in [3.05, 3.63) is 42.0 Å². The second-order valence-corrected chi connectivity index (χ2v) is 6.58. The number of nitrogens with zero attached hydrogens (tertiary/aromatic N) is 3. The number of anilines is 1. The molecule has 2 amide bonds. The maximum Gasteiger partial charge on any atom is 0.323 e. The summed E-state index contributed by atoms with van der Waals surface area (Å²) in [5.74, 6) is 1.12. The number of ether oxygens (including phenoxy) is 1. The molecule has 6 heteroatoms. The van der Waals surface area contributed by atoms with E-state index in [1.807, 2.05) is 11.0 Å². The maximum atomic E-state index is 12.7. The summed E-state index contributed by atoms with van der Waals surface area (Å²) in [4.78, 5) is 14.6. The van der Waals surface area contributed by atoms with E-state index >= 15 is 0 Å². The van der Waals surface area contributed by atoms with Gasteiger partial charge in [-0.05, 0) is 18.4 Å². The molecular weight excluding hydrogens is 304 g/mol. The van der Waals surface area contributed by atoms with Gasteiger partial charge in [-0.25, -0.2) is 9.48 Å². The standard InChI is InChI=1S/C18H24N4O2/c1-18(14-8-5-4-6-9-14)10-7-11-22(13-18)17(23)19-15-12-16(24-3)20-21(15)2/h4-6,8-9,12H,7,10-11,13H2,1-3H3,(H,19,23). The molecule has 1 atom stereocenters. The van der Waals surface area contributed by atoms with Crippen molar-refractivity contribution in [2.75, 3.05) is 25.5 Å². The number of carbonyl (C=O) groups excluding carboxylic acids is 1. The van der Waals surface area contributed by atoms with Gasteiger partial charge in [0.2, 0.25) is 5.88 Å². The third-order valence-electron chi connectivity index (χ3n) is 4.76. The molecule has 1 unspecified atom stereocenters. The fraction of sp³-hybridized carbons (Fsp3) is 0.444. The lowest BCUT2D eigenvalue weighted by atomic mass is 9.76. The highest BCUT2D eigenvalue weighted by Gasteiger charge is 2.34. The van der Waals surface area contributed by atoms with Gasteiger partial charge < -0.3 is 9.64 Å². The van der Waals surface area contributed by atoms with E-state index in [4.69, 9.17) is 4.74 Å². The summed E-state index contributed by atoms with van der Waals surface area (Å²) in [6, 6.07) is 12.1. The van der Waals surface area contributed by atoms with Gasteiger partial charge in [-0.2, -0.15) is 0 Å². The molecule has 1 aromatic heterocycles. The van der Waals surface area contributed by atoms with Gasteiger partial charge in [-0.15, -0.1) is 5.10 Å². The van der Waals surface area contributed by atoms with E-state index in [1.54, 1.807) is 24.9 Å². The molecule has 0 radical (unpaired) electrons. The van der Waals surface area contributed by atoms with Crippen LogP contribution in [-0.4, -0.2) is 40.9 Å². The van der Waals surface area contributed by atoms with Crippen LogP contribution in [0.25, 0.3) is 0 Å². The van der Waals surface area contributed by atoms with Crippen molar-refractivity contribution < 1.29 is 9.53 Å². The molecule has 0 bridgehead atoms. The summed E-state index contributed by atoms with van der Waals surface area (Å²) in [5, 5.41) is 7.10. The largest absolute Gasteiger partial charge is 0.480 e. The molecule has 0 spiro atoms. The Labute approximate surface area is 142 Å². The third kappa shape index (κ3) is 3.22. The number of likely N-dealkylation sites (tertiary alicyclic amines) is 1. The smallest absolute Gasteiger partial charge is 0.323 e. The van der Waals surface area contributed by atoms with Crippen LogP contribution in [0.5, 0.6) is 5.88 Å². The molecule has 6 nitrogen and oxygen atoms in total. The number of aryl methyl sites for hydroxylation is 1. The second kappa shape index (κ2) is 6.55. The molecule has 0 aliphatic carbocycles. The van der Waals surface area contributed by atoms with Crippen LogP contribution in [0.2, 0.25) is 0 Å². The summed E-state index contributed by atoms with van der Waals surface area (Å²) in [7, 11) is 3.34. The maximum absolute atomic E-state index is 12.7. The molecule has 2 heterocycles. The van der Waals surface area contributed by atoms with Crippen molar-refractivity contribution in [1.82, 2.24) is 14.7 Å². The van der Waals surface area contributed by atoms with Crippen molar-refractivity contribution >= 4 is 11.8 Å². The molecule has 1 saturated heterocycles. The Balaban J connectivity index is 1.72. The monoisotopic (exact) mass is 328 g/mol. The molecule has 1 aliphatic heterocycles. The minimum atomic E-state index is -0.0949. The number of aromatic nitrogens is 2. The number of hydrogen-bond acceptors (Lipinski definition) is 3. The first-order valence-corrected chi connectivity index (χ1v) is 8.21. The Bertz CT molecular complexity index is 713. The predicted molar refractivity (Wildman–Crippen MR) is 93.4 cm³/mol. The molecule has 0 saturated carbocycles. The molecule has 1 aromatic carbocycles. The first kappa shape index (κ1) is 16.4. The highest BCUT2D eigenvalue weighted by Crippen LogP contribution is 2.33. The summed E-state index contributed by atoms with van der Waals surface area (Å²) >= 11 is 0. The lowest BCUT2D eigenvalue weighted by Crippen LogP contribution is -2.48. The average molecular weight is 328 g/mol. The van der Waals surface area contributed by atoms with Gasteiger partial charge in [0.25, 0.3) is 0 Å². The molecule has 3 rings (SSSR count). The molecule has 1 N–H and O–H groups in total. The molecule has 24 heavy (non-hydrogen) atoms. The zero-order valence-electron chi connectivity index (χ0n) is 14.5. The third-order valence-corrected chi connectivity index (χ3v) is 4.76. The fourth-order valence-corrected chi connectivity index (χ4v) is 3.34. The van der Waals surface area contributed by atoms with Crippen LogP contribution in [0.3, 0.4) is 0 Å². The van der Waals surface area contributed by atoms with Crippen LogP contribution < -0.4 is 10.1 Å². The fourth-order valence-electron chi connectivity index (χ4n) is 3.34. The van der Waals surface area contributed by atoms with E-state index in [1.165, 1.54) is 5.56 Å². The zero-order valence-corrected chi connectivity index (χ0v) is 14.5. The molecular formula is C18H24N4O2. The summed E-state index contributed by atoms with van der Waals surface area (Å²) in [6.45, 7) is 3.70. The van der Waals surface area contributed by atoms with E-state index in [2.05, 4.69) is 41.6 Å². The summed E-state index contributed by atoms with van der Waals surface area (Å²) < 4.78 is 6.71. The first-order valence-electron chi connectivity index (χ1n) is 8.21. The Morgan fingerprint density at radius 3 is 2.75 bits per heavy atom. The van der Waals surface area contributed by atoms with Crippen molar-refractivity contribution in [2.45, 2.75) is 25.2 Å². The number of rotatable bonds is 3. The van der Waals surface area contributed by atoms with E-state index in [0.29, 0.717) is 18.2 Å². The molecule has 128 valence electrons. The predicted octanol–water partition coefficient (Wildman–Crippen LogP) is 3.01. The summed E-state index contributed by atoms with van der Waals surface area (Å²) in [5.41, 5.74) is 1.27. The average Bonchev–Trinajstić information content (AvgIpc) is 2.95. The molecule has 1 aliphatic rings. The van der Waals surface area contributed by atoms with Crippen molar-refractivity contribution in [3.63, 3.8) is 0 Å². The number of methoxy groups -OCH3 is 1.